The van der Waals surface area contributed by atoms with Crippen molar-refractivity contribution in [3.8, 4) is 0 Å². The summed E-state index contributed by atoms with van der Waals surface area (Å²) in [4.78, 5) is 9.88. The van der Waals surface area contributed by atoms with E-state index < -0.39 is 0 Å². The maximum atomic E-state index is 9.88. The Hall–Kier alpha value is 0.310. The van der Waals surface area contributed by atoms with Crippen LogP contribution in [0.3, 0.4) is 0 Å². The number of hydrogen-bond acceptors (Lipinski definition) is 2. The number of carbonyl (C=O) groups excluding carboxylic acids is 1. The zero-order chi connectivity index (χ0) is 4.99. The van der Waals surface area contributed by atoms with E-state index in [-0.39, 0.29) is 32.2 Å². The van der Waals surface area contributed by atoms with E-state index in [1.807, 2.05) is 0 Å². The topological polar surface area (TPSA) is 26.3 Å². The average Bonchev–Trinajstić information content (AvgIpc) is 1.65. The quantitative estimate of drug-likeness (QED) is 0.394. The smallest absolute Gasteiger partial charge is 0.316 e. The molecule has 0 aliphatic rings. The normalized spacial score (nSPS) is 6.29. The second kappa shape index (κ2) is 6.31. The van der Waals surface area contributed by atoms with Crippen molar-refractivity contribution in [1.29, 1.82) is 0 Å². The van der Waals surface area contributed by atoms with Crippen LogP contribution in [0.2, 0.25) is 0 Å². The third-order valence-corrected chi connectivity index (χ3v) is 0.770. The monoisotopic (exact) mass is 192 g/mol. The number of hydrogen-bond donors (Lipinski definition) is 0. The first-order valence-electron chi connectivity index (χ1n) is 1.51. The van der Waals surface area contributed by atoms with Crippen molar-refractivity contribution in [3.63, 3.8) is 0 Å². The molecule has 0 rings (SSSR count). The first kappa shape index (κ1) is 10.3. The molecule has 0 N–H and O–H groups in total. The van der Waals surface area contributed by atoms with E-state index in [2.05, 4.69) is 11.0 Å². The van der Waals surface area contributed by atoms with Gasteiger partial charge in [-0.25, -0.2) is 4.79 Å². The van der Waals surface area contributed by atoms with Gasteiger partial charge in [-0.05, 0) is 0 Å². The Kier molecular flexibility index (Phi) is 9.31. The third-order valence-electron chi connectivity index (χ3n) is 0.368. The summed E-state index contributed by atoms with van der Waals surface area (Å²) in [7, 11) is 0.462. The minimum atomic E-state index is -0.332. The molecule has 0 radical (unpaired) electrons. The van der Waals surface area contributed by atoms with Gasteiger partial charge in [0, 0.05) is 32.3 Å². The van der Waals surface area contributed by atoms with Crippen molar-refractivity contribution in [2.75, 3.05) is 0 Å². The molecule has 0 saturated heterocycles. The van der Waals surface area contributed by atoms with Crippen LogP contribution in [0.1, 0.15) is 0 Å². The van der Waals surface area contributed by atoms with Gasteiger partial charge in [-0.2, -0.15) is 0 Å². The molecule has 0 saturated carbocycles. The molecule has 0 atom stereocenters. The van der Waals surface area contributed by atoms with Gasteiger partial charge in [-0.15, -0.1) is 0 Å². The van der Waals surface area contributed by atoms with Gasteiger partial charge >= 0.3 is 5.97 Å². The molecular weight excluding hydrogens is 187 g/mol. The molecule has 0 aliphatic heterocycles. The number of carbonyl (C=O) groups is 1. The van der Waals surface area contributed by atoms with E-state index in [0.29, 0.717) is 10.5 Å². The van der Waals surface area contributed by atoms with Gasteiger partial charge in [0.05, 0.1) is 0 Å². The molecule has 0 aliphatic carbocycles. The summed E-state index contributed by atoms with van der Waals surface area (Å²) in [6.45, 7) is 3.18. The fraction of sp³-hybridized carbons (Fsp3) is 0. The largest absolute Gasteiger partial charge is 0.526 e. The third kappa shape index (κ3) is 6.31. The summed E-state index contributed by atoms with van der Waals surface area (Å²) >= 11 is 0. The fourth-order valence-corrected chi connectivity index (χ4v) is 0.250. The standard InChI is InChI=1S/C3H6O2Si.Zr/c1-2-3(4)5-6;/h2H,1H2,6H3;. The second-order valence-corrected chi connectivity index (χ2v) is 1.14. The SMILES string of the molecule is C=CC(=O)O[SiH3].[Zr]. The molecular formula is C3H6O2SiZr. The van der Waals surface area contributed by atoms with Gasteiger partial charge in [0.25, 0.3) is 0 Å². The van der Waals surface area contributed by atoms with Crippen LogP contribution in [0, 0.1) is 0 Å². The van der Waals surface area contributed by atoms with Gasteiger partial charge in [-0.3, -0.25) is 0 Å². The summed E-state index contributed by atoms with van der Waals surface area (Å²) in [6.07, 6.45) is 1.15. The Morgan fingerprint density at radius 1 is 1.86 bits per heavy atom. The predicted octanol–water partition coefficient (Wildman–Crippen LogP) is -1.01. The average molecular weight is 193 g/mol. The molecule has 0 aromatic carbocycles. The summed E-state index contributed by atoms with van der Waals surface area (Å²) in [5.74, 6) is -0.332. The molecule has 4 heteroatoms. The van der Waals surface area contributed by atoms with E-state index in [4.69, 9.17) is 0 Å². The van der Waals surface area contributed by atoms with Crippen LogP contribution in [0.5, 0.6) is 0 Å². The van der Waals surface area contributed by atoms with Crippen LogP contribution in [-0.2, 0) is 35.4 Å². The maximum Gasteiger partial charge on any atom is 0.316 e. The van der Waals surface area contributed by atoms with Crippen LogP contribution in [0.25, 0.3) is 0 Å². The molecule has 7 heavy (non-hydrogen) atoms. The minimum Gasteiger partial charge on any atom is -0.526 e. The molecule has 0 spiro atoms. The van der Waals surface area contributed by atoms with E-state index >= 15 is 0 Å². The van der Waals surface area contributed by atoms with Crippen LogP contribution < -0.4 is 0 Å². The summed E-state index contributed by atoms with van der Waals surface area (Å²) in [5, 5.41) is 0. The molecule has 0 fully saturated rings. The van der Waals surface area contributed by atoms with E-state index in [0.717, 1.165) is 6.08 Å². The summed E-state index contributed by atoms with van der Waals surface area (Å²) in [6, 6.07) is 0. The van der Waals surface area contributed by atoms with E-state index in [1.54, 1.807) is 0 Å². The van der Waals surface area contributed by atoms with E-state index in [1.165, 1.54) is 0 Å². The zero-order valence-corrected chi connectivity index (χ0v) is 8.56. The van der Waals surface area contributed by atoms with Gasteiger partial charge < -0.3 is 4.43 Å². The van der Waals surface area contributed by atoms with Crippen LogP contribution in [0.15, 0.2) is 12.7 Å². The van der Waals surface area contributed by atoms with Crippen molar-refractivity contribution in [1.82, 2.24) is 0 Å². The molecule has 2 nitrogen and oxygen atoms in total. The van der Waals surface area contributed by atoms with Crippen LogP contribution >= 0.6 is 0 Å². The molecule has 0 heterocycles. The summed E-state index contributed by atoms with van der Waals surface area (Å²) in [5.41, 5.74) is 0. The van der Waals surface area contributed by atoms with Crippen molar-refractivity contribution in [3.05, 3.63) is 12.7 Å². The minimum absolute atomic E-state index is 0. The van der Waals surface area contributed by atoms with Crippen molar-refractivity contribution < 1.29 is 35.4 Å². The molecule has 0 amide bonds. The Balaban J connectivity index is 0. The van der Waals surface area contributed by atoms with Crippen molar-refractivity contribution >= 4 is 16.5 Å². The summed E-state index contributed by atoms with van der Waals surface area (Å²) < 4.78 is 4.28. The molecule has 0 aromatic heterocycles. The zero-order valence-electron chi connectivity index (χ0n) is 4.10. The van der Waals surface area contributed by atoms with Crippen LogP contribution in [0.4, 0.5) is 0 Å². The Bertz CT molecular complexity index is 73.3. The Morgan fingerprint density at radius 2 is 2.29 bits per heavy atom. The van der Waals surface area contributed by atoms with Gasteiger partial charge in [0.15, 0.2) is 0 Å². The van der Waals surface area contributed by atoms with Gasteiger partial charge in [0.2, 0.25) is 10.5 Å². The number of rotatable bonds is 1. The van der Waals surface area contributed by atoms with Crippen molar-refractivity contribution in [2.24, 2.45) is 0 Å². The van der Waals surface area contributed by atoms with Crippen molar-refractivity contribution in [2.45, 2.75) is 0 Å². The fourth-order valence-electron chi connectivity index (χ4n) is 0.0833. The molecule has 0 aromatic rings. The molecule has 0 unspecified atom stereocenters. The van der Waals surface area contributed by atoms with Gasteiger partial charge in [-0.1, -0.05) is 6.58 Å². The Labute approximate surface area is 64.6 Å². The first-order valence-corrected chi connectivity index (χ1v) is 2.33. The second-order valence-electron chi connectivity index (χ2n) is 0.727. The van der Waals surface area contributed by atoms with Gasteiger partial charge in [0.1, 0.15) is 0 Å². The van der Waals surface area contributed by atoms with Crippen LogP contribution in [-0.4, -0.2) is 16.5 Å². The molecule has 0 bridgehead atoms. The molecule has 38 valence electrons. The predicted molar refractivity (Wildman–Crippen MR) is 26.2 cm³/mol. The van der Waals surface area contributed by atoms with E-state index in [9.17, 15) is 4.79 Å². The maximum absolute atomic E-state index is 9.88. The first-order chi connectivity index (χ1) is 2.81. The Morgan fingerprint density at radius 3 is 2.29 bits per heavy atom.